The molecular weight excluding hydrogens is 400 g/mol. The Hall–Kier alpha value is -2.94. The van der Waals surface area contributed by atoms with Crippen LogP contribution in [0.3, 0.4) is 0 Å². The Bertz CT molecular complexity index is 838. The van der Waals surface area contributed by atoms with Crippen LogP contribution in [0.1, 0.15) is 32.8 Å². The van der Waals surface area contributed by atoms with Crippen molar-refractivity contribution in [3.63, 3.8) is 0 Å². The largest absolute Gasteiger partial charge is 0.451 e. The smallest absolute Gasteiger partial charge is 0.327 e. The summed E-state index contributed by atoms with van der Waals surface area (Å²) in [6.07, 6.45) is -0.569. The van der Waals surface area contributed by atoms with Crippen LogP contribution in [0, 0.1) is 0 Å². The van der Waals surface area contributed by atoms with Crippen LogP contribution in [0.5, 0.6) is 0 Å². The van der Waals surface area contributed by atoms with Crippen LogP contribution in [0.15, 0.2) is 30.3 Å². The molecule has 0 saturated carbocycles. The van der Waals surface area contributed by atoms with Gasteiger partial charge in [0.1, 0.15) is 12.1 Å². The molecule has 0 bridgehead atoms. The first-order valence-corrected chi connectivity index (χ1v) is 10.6. The molecule has 1 aromatic rings. The summed E-state index contributed by atoms with van der Waals surface area (Å²) < 4.78 is 5.23. The van der Waals surface area contributed by atoms with Gasteiger partial charge in [0.2, 0.25) is 0 Å². The number of imide groups is 1. The van der Waals surface area contributed by atoms with E-state index in [1.54, 1.807) is 18.7 Å². The molecule has 2 unspecified atom stereocenters. The van der Waals surface area contributed by atoms with E-state index in [2.05, 4.69) is 22.3 Å². The summed E-state index contributed by atoms with van der Waals surface area (Å²) >= 11 is 0. The minimum atomic E-state index is -1.02. The van der Waals surface area contributed by atoms with Gasteiger partial charge in [-0.15, -0.1) is 0 Å². The van der Waals surface area contributed by atoms with Crippen LogP contribution in [0.4, 0.5) is 4.79 Å². The lowest BCUT2D eigenvalue weighted by Crippen LogP contribution is -2.51. The maximum absolute atomic E-state index is 12.7. The van der Waals surface area contributed by atoms with Crippen LogP contribution in [-0.4, -0.2) is 82.9 Å². The lowest BCUT2D eigenvalue weighted by atomic mass is 9.99. The van der Waals surface area contributed by atoms with E-state index >= 15 is 0 Å². The second kappa shape index (κ2) is 9.47. The number of urea groups is 1. The monoisotopic (exact) mass is 430 g/mol. The minimum absolute atomic E-state index is 0.275. The van der Waals surface area contributed by atoms with Crippen molar-refractivity contribution in [2.24, 2.45) is 0 Å². The van der Waals surface area contributed by atoms with Gasteiger partial charge in [0.15, 0.2) is 6.10 Å². The van der Waals surface area contributed by atoms with Gasteiger partial charge in [-0.1, -0.05) is 37.3 Å². The van der Waals surface area contributed by atoms with Crippen LogP contribution in [0.2, 0.25) is 0 Å². The standard InChI is InChI=1S/C22H30N4O5/c1-4-22(3)20(29)26(21(30)23-22)15-18(27)31-16(2)19(28)25-12-10-24(11-13-25)14-17-8-6-5-7-9-17/h5-9,16H,4,10-15H2,1-3H3,(H,23,30). The van der Waals surface area contributed by atoms with Crippen molar-refractivity contribution in [2.75, 3.05) is 32.7 Å². The van der Waals surface area contributed by atoms with Crippen molar-refractivity contribution in [3.05, 3.63) is 35.9 Å². The second-order valence-corrected chi connectivity index (χ2v) is 8.23. The fraction of sp³-hybridized carbons (Fsp3) is 0.545. The van der Waals surface area contributed by atoms with Crippen LogP contribution in [-0.2, 0) is 25.7 Å². The molecule has 0 radical (unpaired) electrons. The molecule has 0 aromatic heterocycles. The summed E-state index contributed by atoms with van der Waals surface area (Å²) in [5.41, 5.74) is 0.210. The summed E-state index contributed by atoms with van der Waals surface area (Å²) in [6.45, 7) is 7.80. The molecule has 2 aliphatic rings. The molecule has 9 heteroatoms. The molecule has 168 valence electrons. The summed E-state index contributed by atoms with van der Waals surface area (Å²) in [7, 11) is 0. The van der Waals surface area contributed by atoms with E-state index in [1.807, 2.05) is 18.2 Å². The van der Waals surface area contributed by atoms with E-state index < -0.39 is 36.1 Å². The molecule has 1 N–H and O–H groups in total. The number of esters is 1. The number of benzene rings is 1. The van der Waals surface area contributed by atoms with Crippen LogP contribution < -0.4 is 5.32 Å². The van der Waals surface area contributed by atoms with Gasteiger partial charge >= 0.3 is 12.0 Å². The van der Waals surface area contributed by atoms with Gasteiger partial charge in [0, 0.05) is 32.7 Å². The number of piperazine rings is 1. The maximum Gasteiger partial charge on any atom is 0.327 e. The maximum atomic E-state index is 12.7. The first-order chi connectivity index (χ1) is 14.7. The highest BCUT2D eigenvalue weighted by molar-refractivity contribution is 6.08. The number of nitrogens with zero attached hydrogens (tertiary/aromatic N) is 3. The molecule has 31 heavy (non-hydrogen) atoms. The van der Waals surface area contributed by atoms with Crippen molar-refractivity contribution < 1.29 is 23.9 Å². The number of amides is 4. The van der Waals surface area contributed by atoms with Gasteiger partial charge in [-0.25, -0.2) is 4.79 Å². The molecule has 9 nitrogen and oxygen atoms in total. The zero-order valence-electron chi connectivity index (χ0n) is 18.3. The number of hydrogen-bond donors (Lipinski definition) is 1. The zero-order valence-corrected chi connectivity index (χ0v) is 18.3. The van der Waals surface area contributed by atoms with E-state index in [9.17, 15) is 19.2 Å². The van der Waals surface area contributed by atoms with Gasteiger partial charge in [-0.3, -0.25) is 24.2 Å². The predicted octanol–water partition coefficient (Wildman–Crippen LogP) is 0.983. The predicted molar refractivity (Wildman–Crippen MR) is 113 cm³/mol. The van der Waals surface area contributed by atoms with Gasteiger partial charge in [0.05, 0.1) is 0 Å². The van der Waals surface area contributed by atoms with E-state index in [1.165, 1.54) is 12.5 Å². The third-order valence-electron chi connectivity index (χ3n) is 5.93. The highest BCUT2D eigenvalue weighted by atomic mass is 16.5. The Morgan fingerprint density at radius 3 is 2.35 bits per heavy atom. The van der Waals surface area contributed by atoms with Crippen molar-refractivity contribution >= 4 is 23.8 Å². The summed E-state index contributed by atoms with van der Waals surface area (Å²) in [4.78, 5) is 54.2. The quantitative estimate of drug-likeness (QED) is 0.512. The normalized spacial score (nSPS) is 22.9. The van der Waals surface area contributed by atoms with E-state index in [0.29, 0.717) is 19.5 Å². The third-order valence-corrected chi connectivity index (χ3v) is 5.93. The van der Waals surface area contributed by atoms with Crippen molar-refractivity contribution in [1.29, 1.82) is 0 Å². The number of nitrogens with one attached hydrogen (secondary N) is 1. The molecule has 3 rings (SSSR count). The second-order valence-electron chi connectivity index (χ2n) is 8.23. The fourth-order valence-electron chi connectivity index (χ4n) is 3.77. The Labute approximate surface area is 182 Å². The van der Waals surface area contributed by atoms with Crippen molar-refractivity contribution in [1.82, 2.24) is 20.0 Å². The Balaban J connectivity index is 1.46. The average molecular weight is 431 g/mol. The molecule has 0 aliphatic carbocycles. The molecule has 2 aliphatic heterocycles. The molecule has 4 amide bonds. The molecule has 0 spiro atoms. The van der Waals surface area contributed by atoms with Crippen molar-refractivity contribution in [3.8, 4) is 0 Å². The Morgan fingerprint density at radius 1 is 1.13 bits per heavy atom. The molecule has 2 fully saturated rings. The summed E-state index contributed by atoms with van der Waals surface area (Å²) in [5.74, 6) is -1.53. The van der Waals surface area contributed by atoms with Gasteiger partial charge in [0.25, 0.3) is 11.8 Å². The zero-order chi connectivity index (χ0) is 22.6. The van der Waals surface area contributed by atoms with E-state index in [0.717, 1.165) is 24.5 Å². The molecule has 2 saturated heterocycles. The highest BCUT2D eigenvalue weighted by Gasteiger charge is 2.47. The minimum Gasteiger partial charge on any atom is -0.451 e. The summed E-state index contributed by atoms with van der Waals surface area (Å²) in [6, 6.07) is 9.53. The Morgan fingerprint density at radius 2 is 1.77 bits per heavy atom. The highest BCUT2D eigenvalue weighted by Crippen LogP contribution is 2.20. The number of carbonyl (C=O) groups is 4. The van der Waals surface area contributed by atoms with Gasteiger partial charge in [-0.05, 0) is 25.8 Å². The lowest BCUT2D eigenvalue weighted by Gasteiger charge is -2.35. The van der Waals surface area contributed by atoms with Gasteiger partial charge < -0.3 is 15.0 Å². The number of hydrogen-bond acceptors (Lipinski definition) is 6. The Kier molecular flexibility index (Phi) is 6.94. The molecule has 1 aromatic carbocycles. The number of ether oxygens (including phenoxy) is 1. The van der Waals surface area contributed by atoms with E-state index in [-0.39, 0.29) is 5.91 Å². The number of carbonyl (C=O) groups excluding carboxylic acids is 4. The first-order valence-electron chi connectivity index (χ1n) is 10.6. The number of rotatable bonds is 7. The van der Waals surface area contributed by atoms with E-state index in [4.69, 9.17) is 4.74 Å². The lowest BCUT2D eigenvalue weighted by molar-refractivity contribution is -0.161. The van der Waals surface area contributed by atoms with Crippen molar-refractivity contribution in [2.45, 2.75) is 45.4 Å². The first kappa shape index (κ1) is 22.7. The SMILES string of the molecule is CCC1(C)NC(=O)N(CC(=O)OC(C)C(=O)N2CCN(Cc3ccccc3)CC2)C1=O. The topological polar surface area (TPSA) is 99.3 Å². The molecule has 2 atom stereocenters. The summed E-state index contributed by atoms with van der Waals surface area (Å²) in [5, 5.41) is 2.58. The third kappa shape index (κ3) is 5.22. The molecular formula is C22H30N4O5. The van der Waals surface area contributed by atoms with Crippen LogP contribution in [0.25, 0.3) is 0 Å². The van der Waals surface area contributed by atoms with Gasteiger partial charge in [-0.2, -0.15) is 0 Å². The average Bonchev–Trinajstić information content (AvgIpc) is 2.98. The van der Waals surface area contributed by atoms with Crippen LogP contribution >= 0.6 is 0 Å². The fourth-order valence-corrected chi connectivity index (χ4v) is 3.77. The molecule has 2 heterocycles.